The zero-order chi connectivity index (χ0) is 27.0. The van der Waals surface area contributed by atoms with Gasteiger partial charge in [0.2, 0.25) is 0 Å². The molecule has 200 valence electrons. The lowest BCUT2D eigenvalue weighted by Gasteiger charge is -2.23. The van der Waals surface area contributed by atoms with E-state index in [1.54, 1.807) is 22.7 Å². The maximum absolute atomic E-state index is 3.36. The average molecular weight is 652 g/mol. The van der Waals surface area contributed by atoms with E-state index in [4.69, 9.17) is 0 Å². The molecule has 0 spiro atoms. The molecule has 6 aromatic rings. The number of alkyl halides is 1. The SMILES string of the molecule is BrCc1cccs1.c1ccc(N(Cc2cccs2)Cc2cccs2)cc1.c1ccc(NCc2cccs2)cc1. The Kier molecular flexibility index (Phi) is 12.9. The second-order valence-electron chi connectivity index (χ2n) is 8.36. The summed E-state index contributed by atoms with van der Waals surface area (Å²) in [5, 5.41) is 12.8. The van der Waals surface area contributed by atoms with Crippen molar-refractivity contribution in [3.8, 4) is 0 Å². The standard InChI is InChI=1S/C16H15NS2.C11H11NS.C5H5BrS/c1-2-6-14(7-3-1)17(12-15-8-4-10-18-15)13-16-9-5-11-19-16;1-2-5-10(6-3-1)12-9-11-7-4-8-13-11;6-4-5-2-1-3-7-5/h1-11H,12-13H2;1-8,12H,9H2;1-3H,4H2. The third-order valence-electron chi connectivity index (χ3n) is 5.51. The van der Waals surface area contributed by atoms with Crippen molar-refractivity contribution >= 4 is 72.7 Å². The summed E-state index contributed by atoms with van der Waals surface area (Å²) in [6, 6.07) is 37.9. The molecule has 0 amide bonds. The number of hydrogen-bond acceptors (Lipinski definition) is 6. The van der Waals surface area contributed by atoms with Crippen LogP contribution in [0, 0.1) is 0 Å². The normalized spacial score (nSPS) is 10.1. The molecular formula is C32H31BrN2S4. The molecular weight excluding hydrogens is 621 g/mol. The Balaban J connectivity index is 0.000000152. The van der Waals surface area contributed by atoms with Crippen LogP contribution in [0.3, 0.4) is 0 Å². The fraction of sp³-hybridized carbons (Fsp3) is 0.125. The monoisotopic (exact) mass is 650 g/mol. The van der Waals surface area contributed by atoms with Gasteiger partial charge in [0.15, 0.2) is 0 Å². The van der Waals surface area contributed by atoms with E-state index in [0.29, 0.717) is 0 Å². The molecule has 0 saturated carbocycles. The minimum Gasteiger partial charge on any atom is -0.380 e. The molecule has 6 rings (SSSR count). The van der Waals surface area contributed by atoms with Crippen LogP contribution in [0.2, 0.25) is 0 Å². The number of para-hydroxylation sites is 2. The Morgan fingerprint density at radius 2 is 0.974 bits per heavy atom. The van der Waals surface area contributed by atoms with Crippen LogP contribution in [0.1, 0.15) is 19.5 Å². The van der Waals surface area contributed by atoms with Crippen LogP contribution < -0.4 is 10.2 Å². The van der Waals surface area contributed by atoms with Crippen molar-refractivity contribution in [2.45, 2.75) is 25.0 Å². The maximum atomic E-state index is 3.36. The summed E-state index contributed by atoms with van der Waals surface area (Å²) in [4.78, 5) is 7.99. The second-order valence-corrected chi connectivity index (χ2v) is 13.1. The van der Waals surface area contributed by atoms with Gasteiger partial charge in [0.25, 0.3) is 0 Å². The van der Waals surface area contributed by atoms with Crippen molar-refractivity contribution in [2.24, 2.45) is 0 Å². The van der Waals surface area contributed by atoms with Crippen LogP contribution in [0.15, 0.2) is 131 Å². The smallest absolute Gasteiger partial charge is 0.0526 e. The van der Waals surface area contributed by atoms with Gasteiger partial charge in [-0.3, -0.25) is 0 Å². The quantitative estimate of drug-likeness (QED) is 0.157. The number of halogens is 1. The fourth-order valence-corrected chi connectivity index (χ4v) is 6.82. The molecule has 0 atom stereocenters. The molecule has 39 heavy (non-hydrogen) atoms. The predicted molar refractivity (Wildman–Crippen MR) is 180 cm³/mol. The van der Waals surface area contributed by atoms with Gasteiger partial charge in [-0.05, 0) is 70.1 Å². The zero-order valence-electron chi connectivity index (χ0n) is 21.5. The molecule has 4 heterocycles. The largest absolute Gasteiger partial charge is 0.380 e. The molecule has 7 heteroatoms. The van der Waals surface area contributed by atoms with Crippen molar-refractivity contribution in [3.63, 3.8) is 0 Å². The Hall–Kier alpha value is -2.68. The van der Waals surface area contributed by atoms with Crippen molar-refractivity contribution in [1.29, 1.82) is 0 Å². The van der Waals surface area contributed by atoms with E-state index in [1.807, 2.05) is 40.9 Å². The molecule has 2 aromatic carbocycles. The summed E-state index contributed by atoms with van der Waals surface area (Å²) in [5.41, 5.74) is 2.46. The lowest BCUT2D eigenvalue weighted by atomic mass is 10.2. The van der Waals surface area contributed by atoms with Crippen molar-refractivity contribution in [2.75, 3.05) is 10.2 Å². The summed E-state index contributed by atoms with van der Waals surface area (Å²) >= 11 is 10.5. The predicted octanol–water partition coefficient (Wildman–Crippen LogP) is 11.0. The molecule has 0 unspecified atom stereocenters. The highest BCUT2D eigenvalue weighted by molar-refractivity contribution is 9.08. The van der Waals surface area contributed by atoms with Gasteiger partial charge < -0.3 is 10.2 Å². The minimum atomic E-state index is 0.918. The maximum Gasteiger partial charge on any atom is 0.0526 e. The van der Waals surface area contributed by atoms with Crippen LogP contribution in [0.25, 0.3) is 0 Å². The Morgan fingerprint density at radius 1 is 0.513 bits per heavy atom. The Labute approximate surface area is 256 Å². The first kappa shape index (κ1) is 29.3. The molecule has 0 saturated heterocycles. The fourth-order valence-electron chi connectivity index (χ4n) is 3.61. The number of nitrogens with one attached hydrogen (secondary N) is 1. The third kappa shape index (κ3) is 10.8. The molecule has 0 aliphatic heterocycles. The Bertz CT molecular complexity index is 1330. The molecule has 2 nitrogen and oxygen atoms in total. The van der Waals surface area contributed by atoms with Gasteiger partial charge in [-0.25, -0.2) is 0 Å². The van der Waals surface area contributed by atoms with Crippen LogP contribution in [0.5, 0.6) is 0 Å². The third-order valence-corrected chi connectivity index (χ3v) is 9.96. The van der Waals surface area contributed by atoms with Gasteiger partial charge in [-0.1, -0.05) is 76.6 Å². The molecule has 0 aliphatic rings. The van der Waals surface area contributed by atoms with Gasteiger partial charge in [0, 0.05) is 42.8 Å². The highest BCUT2D eigenvalue weighted by atomic mass is 79.9. The van der Waals surface area contributed by atoms with E-state index < -0.39 is 0 Å². The summed E-state index contributed by atoms with van der Waals surface area (Å²) in [6.45, 7) is 2.86. The first-order chi connectivity index (χ1) is 19.3. The summed E-state index contributed by atoms with van der Waals surface area (Å²) < 4.78 is 0. The first-order valence-electron chi connectivity index (χ1n) is 12.5. The van der Waals surface area contributed by atoms with Gasteiger partial charge in [0.05, 0.1) is 13.1 Å². The molecule has 0 radical (unpaired) electrons. The molecule has 4 aromatic heterocycles. The van der Waals surface area contributed by atoms with Gasteiger partial charge >= 0.3 is 0 Å². The van der Waals surface area contributed by atoms with E-state index in [-0.39, 0.29) is 0 Å². The average Bonchev–Trinajstić information content (AvgIpc) is 3.83. The topological polar surface area (TPSA) is 15.3 Å². The number of benzene rings is 2. The van der Waals surface area contributed by atoms with Gasteiger partial charge in [-0.2, -0.15) is 0 Å². The first-order valence-corrected chi connectivity index (χ1v) is 17.2. The van der Waals surface area contributed by atoms with Crippen LogP contribution in [-0.4, -0.2) is 0 Å². The number of rotatable bonds is 9. The molecule has 1 N–H and O–H groups in total. The van der Waals surface area contributed by atoms with E-state index >= 15 is 0 Å². The molecule has 0 aliphatic carbocycles. The van der Waals surface area contributed by atoms with Crippen molar-refractivity contribution < 1.29 is 0 Å². The number of thiophene rings is 4. The van der Waals surface area contributed by atoms with Crippen LogP contribution in [-0.2, 0) is 25.0 Å². The molecule has 0 fully saturated rings. The van der Waals surface area contributed by atoms with E-state index in [2.05, 4.69) is 139 Å². The zero-order valence-corrected chi connectivity index (χ0v) is 26.3. The number of nitrogens with zero attached hydrogens (tertiary/aromatic N) is 1. The summed E-state index contributed by atoms with van der Waals surface area (Å²) in [7, 11) is 0. The summed E-state index contributed by atoms with van der Waals surface area (Å²) in [6.07, 6.45) is 0. The van der Waals surface area contributed by atoms with Crippen LogP contribution >= 0.6 is 61.3 Å². The van der Waals surface area contributed by atoms with Gasteiger partial charge in [-0.15, -0.1) is 45.3 Å². The number of anilines is 2. The lowest BCUT2D eigenvalue weighted by molar-refractivity contribution is 0.819. The van der Waals surface area contributed by atoms with Crippen molar-refractivity contribution in [1.82, 2.24) is 0 Å². The second kappa shape index (κ2) is 17.1. The summed E-state index contributed by atoms with van der Waals surface area (Å²) in [5.74, 6) is 0. The highest BCUT2D eigenvalue weighted by Gasteiger charge is 2.09. The van der Waals surface area contributed by atoms with E-state index in [0.717, 1.165) is 25.0 Å². The van der Waals surface area contributed by atoms with Crippen molar-refractivity contribution in [3.05, 3.63) is 150 Å². The van der Waals surface area contributed by atoms with Gasteiger partial charge in [0.1, 0.15) is 0 Å². The van der Waals surface area contributed by atoms with E-state index in [1.165, 1.54) is 30.9 Å². The minimum absolute atomic E-state index is 0.918. The van der Waals surface area contributed by atoms with E-state index in [9.17, 15) is 0 Å². The Morgan fingerprint density at radius 3 is 1.41 bits per heavy atom. The molecule has 0 bridgehead atoms. The number of hydrogen-bond donors (Lipinski definition) is 1. The van der Waals surface area contributed by atoms with Crippen LogP contribution in [0.4, 0.5) is 11.4 Å². The highest BCUT2D eigenvalue weighted by Crippen LogP contribution is 2.23. The lowest BCUT2D eigenvalue weighted by Crippen LogP contribution is -2.20.